The van der Waals surface area contributed by atoms with Gasteiger partial charge in [0.05, 0.1) is 0 Å². The number of carboxylic acid groups (broad SMARTS) is 1. The first-order valence-corrected chi connectivity index (χ1v) is 5.42. The number of anilines is 1. The lowest BCUT2D eigenvalue weighted by molar-refractivity contribution is -0.137. The first kappa shape index (κ1) is 12.0. The van der Waals surface area contributed by atoms with Crippen molar-refractivity contribution in [1.82, 2.24) is 9.97 Å². The molecule has 0 bridgehead atoms. The van der Waals surface area contributed by atoms with E-state index in [4.69, 9.17) is 10.2 Å². The molecule has 0 amide bonds. The fourth-order valence-electron chi connectivity index (χ4n) is 1.58. The number of hydrogen-bond acceptors (Lipinski definition) is 4. The van der Waals surface area contributed by atoms with E-state index in [9.17, 15) is 4.79 Å². The van der Waals surface area contributed by atoms with Gasteiger partial charge in [0, 0.05) is 18.8 Å². The van der Waals surface area contributed by atoms with Crippen LogP contribution in [0.1, 0.15) is 5.56 Å². The number of benzene rings is 1. The monoisotopic (exact) mass is 247 g/mol. The summed E-state index contributed by atoms with van der Waals surface area (Å²) in [5, 5.41) is 21.1. The molecule has 0 fully saturated rings. The van der Waals surface area contributed by atoms with Crippen LogP contribution in [0.25, 0.3) is 0 Å². The number of aromatic amines is 1. The molecule has 0 unspecified atom stereocenters. The minimum atomic E-state index is -0.959. The minimum Gasteiger partial charge on any atom is -0.508 e. The average molecular weight is 247 g/mol. The number of carbonyl (C=O) groups is 1. The quantitative estimate of drug-likeness (QED) is 0.637. The van der Waals surface area contributed by atoms with Crippen molar-refractivity contribution in [3.05, 3.63) is 42.2 Å². The van der Waals surface area contributed by atoms with Gasteiger partial charge in [0.2, 0.25) is 5.95 Å². The second-order valence-electron chi connectivity index (χ2n) is 3.84. The Labute approximate surface area is 103 Å². The van der Waals surface area contributed by atoms with Gasteiger partial charge in [0.15, 0.2) is 0 Å². The summed E-state index contributed by atoms with van der Waals surface area (Å²) in [4.78, 5) is 17.9. The van der Waals surface area contributed by atoms with Crippen LogP contribution in [0.15, 0.2) is 36.7 Å². The maximum atomic E-state index is 11.1. The van der Waals surface area contributed by atoms with Crippen molar-refractivity contribution in [2.45, 2.75) is 12.5 Å². The smallest absolute Gasteiger partial charge is 0.326 e. The number of aliphatic carboxylic acids is 1. The van der Waals surface area contributed by atoms with Gasteiger partial charge < -0.3 is 20.5 Å². The zero-order chi connectivity index (χ0) is 13.0. The van der Waals surface area contributed by atoms with Crippen LogP contribution in [0.3, 0.4) is 0 Å². The summed E-state index contributed by atoms with van der Waals surface area (Å²) in [6.45, 7) is 0. The Hall–Kier alpha value is -2.50. The number of phenols is 1. The van der Waals surface area contributed by atoms with Gasteiger partial charge in [-0.1, -0.05) is 12.1 Å². The predicted molar refractivity (Wildman–Crippen MR) is 65.4 cm³/mol. The molecule has 2 aromatic rings. The first-order chi connectivity index (χ1) is 8.65. The topological polar surface area (TPSA) is 98.2 Å². The molecule has 1 aromatic heterocycles. The summed E-state index contributed by atoms with van der Waals surface area (Å²) >= 11 is 0. The number of imidazole rings is 1. The van der Waals surface area contributed by atoms with E-state index in [1.54, 1.807) is 24.5 Å². The lowest BCUT2D eigenvalue weighted by Gasteiger charge is -2.13. The van der Waals surface area contributed by atoms with Gasteiger partial charge >= 0.3 is 5.97 Å². The number of aromatic nitrogens is 2. The van der Waals surface area contributed by atoms with E-state index in [1.165, 1.54) is 12.1 Å². The number of H-pyrrole nitrogens is 1. The minimum absolute atomic E-state index is 0.157. The van der Waals surface area contributed by atoms with E-state index >= 15 is 0 Å². The zero-order valence-electron chi connectivity index (χ0n) is 9.50. The molecule has 0 saturated carbocycles. The summed E-state index contributed by atoms with van der Waals surface area (Å²) in [6, 6.07) is 5.66. The van der Waals surface area contributed by atoms with E-state index in [1.807, 2.05) is 0 Å². The van der Waals surface area contributed by atoms with Crippen LogP contribution in [0, 0.1) is 0 Å². The maximum Gasteiger partial charge on any atom is 0.326 e. The highest BCUT2D eigenvalue weighted by molar-refractivity contribution is 5.77. The van der Waals surface area contributed by atoms with E-state index in [0.717, 1.165) is 5.56 Å². The number of hydrogen-bond donors (Lipinski definition) is 4. The van der Waals surface area contributed by atoms with Gasteiger partial charge in [0.1, 0.15) is 11.8 Å². The molecule has 6 heteroatoms. The highest BCUT2D eigenvalue weighted by atomic mass is 16.4. The standard InChI is InChI=1S/C12H13N3O3/c16-9-3-1-8(2-4-9)7-10(11(17)18)15-12-13-5-6-14-12/h1-6,10,16H,7H2,(H,17,18)(H2,13,14,15)/t10-/m0/s1. The number of phenolic OH excluding ortho intramolecular Hbond substituents is 1. The number of aromatic hydroxyl groups is 1. The van der Waals surface area contributed by atoms with Gasteiger partial charge in [-0.25, -0.2) is 9.78 Å². The van der Waals surface area contributed by atoms with Crippen molar-refractivity contribution >= 4 is 11.9 Å². The highest BCUT2D eigenvalue weighted by Gasteiger charge is 2.18. The van der Waals surface area contributed by atoms with Crippen molar-refractivity contribution < 1.29 is 15.0 Å². The summed E-state index contributed by atoms with van der Waals surface area (Å²) in [5.74, 6) is -0.384. The number of carboxylic acids is 1. The van der Waals surface area contributed by atoms with Gasteiger partial charge in [-0.15, -0.1) is 0 Å². The van der Waals surface area contributed by atoms with Crippen molar-refractivity contribution in [3.63, 3.8) is 0 Å². The third-order valence-corrected chi connectivity index (χ3v) is 2.48. The van der Waals surface area contributed by atoms with Crippen LogP contribution in [0.5, 0.6) is 5.75 Å². The Kier molecular flexibility index (Phi) is 3.47. The van der Waals surface area contributed by atoms with Crippen LogP contribution in [-0.4, -0.2) is 32.2 Å². The lowest BCUT2D eigenvalue weighted by atomic mass is 10.1. The van der Waals surface area contributed by atoms with Crippen LogP contribution in [0.2, 0.25) is 0 Å². The largest absolute Gasteiger partial charge is 0.508 e. The molecule has 1 heterocycles. The third-order valence-electron chi connectivity index (χ3n) is 2.48. The predicted octanol–water partition coefficient (Wildman–Crippen LogP) is 1.22. The molecule has 0 radical (unpaired) electrons. The maximum absolute atomic E-state index is 11.1. The first-order valence-electron chi connectivity index (χ1n) is 5.42. The van der Waals surface area contributed by atoms with Gasteiger partial charge in [0.25, 0.3) is 0 Å². The Morgan fingerprint density at radius 1 is 1.39 bits per heavy atom. The Balaban J connectivity index is 2.06. The molecular weight excluding hydrogens is 234 g/mol. The highest BCUT2D eigenvalue weighted by Crippen LogP contribution is 2.12. The number of nitrogens with zero attached hydrogens (tertiary/aromatic N) is 1. The molecule has 1 atom stereocenters. The molecule has 0 aliphatic rings. The molecular formula is C12H13N3O3. The molecule has 0 aliphatic carbocycles. The second-order valence-corrected chi connectivity index (χ2v) is 3.84. The van der Waals surface area contributed by atoms with Gasteiger partial charge in [-0.2, -0.15) is 0 Å². The molecule has 1 aromatic carbocycles. The second kappa shape index (κ2) is 5.22. The molecule has 6 nitrogen and oxygen atoms in total. The van der Waals surface area contributed by atoms with Gasteiger partial charge in [-0.3, -0.25) is 0 Å². The fourth-order valence-corrected chi connectivity index (χ4v) is 1.58. The van der Waals surface area contributed by atoms with Crippen molar-refractivity contribution in [2.24, 2.45) is 0 Å². The summed E-state index contributed by atoms with van der Waals surface area (Å²) < 4.78 is 0. The summed E-state index contributed by atoms with van der Waals surface area (Å²) in [7, 11) is 0. The molecule has 0 aliphatic heterocycles. The van der Waals surface area contributed by atoms with E-state index < -0.39 is 12.0 Å². The Morgan fingerprint density at radius 2 is 2.11 bits per heavy atom. The SMILES string of the molecule is O=C(O)[C@H](Cc1ccc(O)cc1)Nc1ncc[nH]1. The molecule has 94 valence electrons. The normalized spacial score (nSPS) is 12.0. The zero-order valence-corrected chi connectivity index (χ0v) is 9.50. The molecule has 0 saturated heterocycles. The molecule has 4 N–H and O–H groups in total. The van der Waals surface area contributed by atoms with E-state index in [2.05, 4.69) is 15.3 Å². The third kappa shape index (κ3) is 3.00. The Bertz CT molecular complexity index is 508. The van der Waals surface area contributed by atoms with Gasteiger partial charge in [-0.05, 0) is 17.7 Å². The summed E-state index contributed by atoms with van der Waals surface area (Å²) in [5.41, 5.74) is 0.819. The van der Waals surface area contributed by atoms with Crippen LogP contribution in [-0.2, 0) is 11.2 Å². The van der Waals surface area contributed by atoms with Crippen LogP contribution >= 0.6 is 0 Å². The van der Waals surface area contributed by atoms with E-state index in [0.29, 0.717) is 12.4 Å². The van der Waals surface area contributed by atoms with Crippen molar-refractivity contribution in [1.29, 1.82) is 0 Å². The van der Waals surface area contributed by atoms with Crippen LogP contribution < -0.4 is 5.32 Å². The van der Waals surface area contributed by atoms with Crippen molar-refractivity contribution in [3.8, 4) is 5.75 Å². The van der Waals surface area contributed by atoms with Crippen LogP contribution in [0.4, 0.5) is 5.95 Å². The number of nitrogens with one attached hydrogen (secondary N) is 2. The Morgan fingerprint density at radius 3 is 2.67 bits per heavy atom. The number of rotatable bonds is 5. The fraction of sp³-hybridized carbons (Fsp3) is 0.167. The molecule has 18 heavy (non-hydrogen) atoms. The average Bonchev–Trinajstić information content (AvgIpc) is 2.84. The molecule has 0 spiro atoms. The van der Waals surface area contributed by atoms with E-state index in [-0.39, 0.29) is 5.75 Å². The summed E-state index contributed by atoms with van der Waals surface area (Å²) in [6.07, 6.45) is 3.46. The van der Waals surface area contributed by atoms with Crippen molar-refractivity contribution in [2.75, 3.05) is 5.32 Å². The molecule has 2 rings (SSSR count). The lowest BCUT2D eigenvalue weighted by Crippen LogP contribution is -2.31.